The second kappa shape index (κ2) is 6.99. The fourth-order valence-electron chi connectivity index (χ4n) is 1.94. The number of hydrogen-bond donors (Lipinski definition) is 2. The minimum atomic E-state index is -0.159. The molecule has 0 atom stereocenters. The maximum atomic E-state index is 11.9. The van der Waals surface area contributed by atoms with Crippen LogP contribution in [0.3, 0.4) is 0 Å². The third-order valence-corrected chi connectivity index (χ3v) is 3.12. The summed E-state index contributed by atoms with van der Waals surface area (Å²) in [6, 6.07) is 7.81. The standard InChI is InChI=1S/C15H20N4O2/c1-11(2)12-3-5-13(6-4-12)16-15(21)10-19-9-14(7-8-20)17-18-19/h3-6,9,11,20H,7-8,10H2,1-2H3,(H,16,21). The largest absolute Gasteiger partial charge is 0.396 e. The van der Waals surface area contributed by atoms with Crippen molar-refractivity contribution in [2.24, 2.45) is 0 Å². The van der Waals surface area contributed by atoms with Gasteiger partial charge in [0, 0.05) is 24.9 Å². The Morgan fingerprint density at radius 1 is 1.33 bits per heavy atom. The molecule has 0 unspecified atom stereocenters. The Hall–Kier alpha value is -2.21. The van der Waals surface area contributed by atoms with E-state index in [0.29, 0.717) is 18.0 Å². The zero-order chi connectivity index (χ0) is 15.2. The first-order chi connectivity index (χ1) is 10.1. The molecule has 0 aliphatic carbocycles. The molecule has 0 saturated heterocycles. The fourth-order valence-corrected chi connectivity index (χ4v) is 1.94. The zero-order valence-electron chi connectivity index (χ0n) is 12.3. The van der Waals surface area contributed by atoms with Crippen molar-refractivity contribution in [3.8, 4) is 0 Å². The molecule has 0 saturated carbocycles. The monoisotopic (exact) mass is 288 g/mol. The summed E-state index contributed by atoms with van der Waals surface area (Å²) in [4.78, 5) is 11.9. The van der Waals surface area contributed by atoms with Crippen LogP contribution in [0.2, 0.25) is 0 Å². The second-order valence-electron chi connectivity index (χ2n) is 5.21. The second-order valence-corrected chi connectivity index (χ2v) is 5.21. The van der Waals surface area contributed by atoms with Crippen molar-refractivity contribution in [2.75, 3.05) is 11.9 Å². The third kappa shape index (κ3) is 4.39. The quantitative estimate of drug-likeness (QED) is 0.845. The van der Waals surface area contributed by atoms with Crippen molar-refractivity contribution >= 4 is 11.6 Å². The van der Waals surface area contributed by atoms with Gasteiger partial charge in [0.2, 0.25) is 5.91 Å². The first kappa shape index (κ1) is 15.2. The summed E-state index contributed by atoms with van der Waals surface area (Å²) in [7, 11) is 0. The minimum absolute atomic E-state index is 0.0209. The summed E-state index contributed by atoms with van der Waals surface area (Å²) < 4.78 is 1.46. The fraction of sp³-hybridized carbons (Fsp3) is 0.400. The van der Waals surface area contributed by atoms with Crippen LogP contribution in [0.25, 0.3) is 0 Å². The molecular weight excluding hydrogens is 268 g/mol. The molecular formula is C15H20N4O2. The van der Waals surface area contributed by atoms with E-state index in [1.165, 1.54) is 10.2 Å². The smallest absolute Gasteiger partial charge is 0.246 e. The van der Waals surface area contributed by atoms with Gasteiger partial charge >= 0.3 is 0 Å². The number of benzene rings is 1. The highest BCUT2D eigenvalue weighted by Crippen LogP contribution is 2.17. The van der Waals surface area contributed by atoms with E-state index >= 15 is 0 Å². The lowest BCUT2D eigenvalue weighted by molar-refractivity contribution is -0.116. The molecule has 2 aromatic rings. The first-order valence-electron chi connectivity index (χ1n) is 6.98. The number of aliphatic hydroxyl groups excluding tert-OH is 1. The highest BCUT2D eigenvalue weighted by atomic mass is 16.3. The van der Waals surface area contributed by atoms with Gasteiger partial charge in [-0.3, -0.25) is 4.79 Å². The topological polar surface area (TPSA) is 80.0 Å². The van der Waals surface area contributed by atoms with Crippen LogP contribution in [-0.4, -0.2) is 32.6 Å². The van der Waals surface area contributed by atoms with E-state index in [0.717, 1.165) is 5.69 Å². The molecule has 1 amide bonds. The normalized spacial score (nSPS) is 10.9. The predicted molar refractivity (Wildman–Crippen MR) is 80.0 cm³/mol. The molecule has 2 N–H and O–H groups in total. The molecule has 0 spiro atoms. The lowest BCUT2D eigenvalue weighted by Crippen LogP contribution is -2.19. The van der Waals surface area contributed by atoms with Crippen LogP contribution < -0.4 is 5.32 Å². The van der Waals surface area contributed by atoms with Crippen LogP contribution in [0.5, 0.6) is 0 Å². The summed E-state index contributed by atoms with van der Waals surface area (Å²) >= 11 is 0. The highest BCUT2D eigenvalue weighted by molar-refractivity contribution is 5.90. The average Bonchev–Trinajstić information content (AvgIpc) is 2.87. The number of aliphatic hydroxyl groups is 1. The Bertz CT molecular complexity index is 590. The number of amides is 1. The summed E-state index contributed by atoms with van der Waals surface area (Å²) in [5, 5.41) is 19.3. The van der Waals surface area contributed by atoms with E-state index in [2.05, 4.69) is 29.5 Å². The van der Waals surface area contributed by atoms with Gasteiger partial charge in [0.25, 0.3) is 0 Å². The minimum Gasteiger partial charge on any atom is -0.396 e. The van der Waals surface area contributed by atoms with Crippen LogP contribution in [0.4, 0.5) is 5.69 Å². The highest BCUT2D eigenvalue weighted by Gasteiger charge is 2.07. The Labute approximate surface area is 123 Å². The molecule has 2 rings (SSSR count). The van der Waals surface area contributed by atoms with Crippen molar-refractivity contribution < 1.29 is 9.90 Å². The van der Waals surface area contributed by atoms with Gasteiger partial charge in [0.05, 0.1) is 5.69 Å². The van der Waals surface area contributed by atoms with E-state index in [1.807, 2.05) is 24.3 Å². The van der Waals surface area contributed by atoms with Crippen molar-refractivity contribution in [3.05, 3.63) is 41.7 Å². The van der Waals surface area contributed by atoms with Gasteiger partial charge in [-0.2, -0.15) is 0 Å². The van der Waals surface area contributed by atoms with Gasteiger partial charge in [-0.15, -0.1) is 5.10 Å². The van der Waals surface area contributed by atoms with E-state index in [-0.39, 0.29) is 19.1 Å². The molecule has 1 aromatic carbocycles. The Kier molecular flexibility index (Phi) is 5.05. The van der Waals surface area contributed by atoms with Crippen LogP contribution in [0.1, 0.15) is 31.0 Å². The number of nitrogens with zero attached hydrogens (tertiary/aromatic N) is 3. The number of carbonyl (C=O) groups excluding carboxylic acids is 1. The van der Waals surface area contributed by atoms with Crippen molar-refractivity contribution in [2.45, 2.75) is 32.7 Å². The Balaban J connectivity index is 1.91. The van der Waals surface area contributed by atoms with E-state index in [9.17, 15) is 4.79 Å². The van der Waals surface area contributed by atoms with E-state index in [1.54, 1.807) is 6.20 Å². The number of aromatic nitrogens is 3. The van der Waals surface area contributed by atoms with Crippen LogP contribution in [-0.2, 0) is 17.8 Å². The van der Waals surface area contributed by atoms with Gasteiger partial charge in [-0.1, -0.05) is 31.2 Å². The molecule has 21 heavy (non-hydrogen) atoms. The van der Waals surface area contributed by atoms with Crippen molar-refractivity contribution in [3.63, 3.8) is 0 Å². The molecule has 6 heteroatoms. The van der Waals surface area contributed by atoms with Crippen LogP contribution >= 0.6 is 0 Å². The Morgan fingerprint density at radius 2 is 2.05 bits per heavy atom. The SMILES string of the molecule is CC(C)c1ccc(NC(=O)Cn2cc(CCO)nn2)cc1. The van der Waals surface area contributed by atoms with E-state index < -0.39 is 0 Å². The molecule has 0 radical (unpaired) electrons. The summed E-state index contributed by atoms with van der Waals surface area (Å²) in [6.07, 6.45) is 2.11. The number of carbonyl (C=O) groups is 1. The van der Waals surface area contributed by atoms with Gasteiger partial charge in [-0.05, 0) is 23.6 Å². The average molecular weight is 288 g/mol. The maximum absolute atomic E-state index is 11.9. The van der Waals surface area contributed by atoms with Crippen LogP contribution in [0, 0.1) is 0 Å². The first-order valence-corrected chi connectivity index (χ1v) is 6.98. The van der Waals surface area contributed by atoms with E-state index in [4.69, 9.17) is 5.11 Å². The molecule has 0 aliphatic heterocycles. The van der Waals surface area contributed by atoms with Crippen molar-refractivity contribution in [1.29, 1.82) is 0 Å². The summed E-state index contributed by atoms with van der Waals surface area (Å²) in [5.74, 6) is 0.308. The number of hydrogen-bond acceptors (Lipinski definition) is 4. The molecule has 0 aliphatic rings. The molecule has 6 nitrogen and oxygen atoms in total. The van der Waals surface area contributed by atoms with Gasteiger partial charge in [-0.25, -0.2) is 4.68 Å². The number of anilines is 1. The predicted octanol–water partition coefficient (Wildman–Crippen LogP) is 1.57. The molecule has 0 fully saturated rings. The molecule has 1 aromatic heterocycles. The lowest BCUT2D eigenvalue weighted by Gasteiger charge is -2.08. The lowest BCUT2D eigenvalue weighted by atomic mass is 10.0. The van der Waals surface area contributed by atoms with Crippen LogP contribution in [0.15, 0.2) is 30.5 Å². The number of rotatable bonds is 6. The zero-order valence-corrected chi connectivity index (χ0v) is 12.3. The molecule has 112 valence electrons. The third-order valence-electron chi connectivity index (χ3n) is 3.12. The summed E-state index contributed by atoms with van der Waals surface area (Å²) in [6.45, 7) is 4.38. The maximum Gasteiger partial charge on any atom is 0.246 e. The summed E-state index contributed by atoms with van der Waals surface area (Å²) in [5.41, 5.74) is 2.67. The molecule has 0 bridgehead atoms. The van der Waals surface area contributed by atoms with Gasteiger partial charge in [0.1, 0.15) is 6.54 Å². The van der Waals surface area contributed by atoms with Gasteiger partial charge in [0.15, 0.2) is 0 Å². The van der Waals surface area contributed by atoms with Crippen molar-refractivity contribution in [1.82, 2.24) is 15.0 Å². The van der Waals surface area contributed by atoms with Gasteiger partial charge < -0.3 is 10.4 Å². The number of nitrogens with one attached hydrogen (secondary N) is 1. The Morgan fingerprint density at radius 3 is 2.67 bits per heavy atom. The molecule has 1 heterocycles.